The van der Waals surface area contributed by atoms with Crippen molar-refractivity contribution in [2.45, 2.75) is 26.3 Å². The first-order chi connectivity index (χ1) is 12.2. The summed E-state index contributed by atoms with van der Waals surface area (Å²) in [4.78, 5) is 9.18. The highest BCUT2D eigenvalue weighted by Crippen LogP contribution is 2.27. The van der Waals surface area contributed by atoms with E-state index in [1.54, 1.807) is 23.5 Å². The Bertz CT molecular complexity index is 695. The molecule has 25 heavy (non-hydrogen) atoms. The van der Waals surface area contributed by atoms with Crippen LogP contribution in [0, 0.1) is 5.82 Å². The maximum Gasteiger partial charge on any atom is 0.185 e. The van der Waals surface area contributed by atoms with Crippen LogP contribution in [-0.4, -0.2) is 31.3 Å². The molecule has 3 rings (SSSR count). The third-order valence-corrected chi connectivity index (χ3v) is 5.15. The summed E-state index contributed by atoms with van der Waals surface area (Å²) in [5.41, 5.74) is 2.98. The van der Waals surface area contributed by atoms with E-state index >= 15 is 0 Å². The minimum atomic E-state index is -0.229. The van der Waals surface area contributed by atoms with Gasteiger partial charge >= 0.3 is 0 Å². The van der Waals surface area contributed by atoms with Crippen LogP contribution < -0.4 is 9.80 Å². The van der Waals surface area contributed by atoms with Crippen LogP contribution in [0.2, 0.25) is 0 Å². The summed E-state index contributed by atoms with van der Waals surface area (Å²) in [6, 6.07) is 6.57. The Labute approximate surface area is 152 Å². The normalized spacial score (nSPS) is 14.6. The van der Waals surface area contributed by atoms with Crippen molar-refractivity contribution in [3.05, 3.63) is 53.4 Å². The summed E-state index contributed by atoms with van der Waals surface area (Å²) in [7, 11) is 0. The molecule has 0 spiro atoms. The van der Waals surface area contributed by atoms with Crippen molar-refractivity contribution in [3.8, 4) is 0 Å². The number of thiazole rings is 1. The summed E-state index contributed by atoms with van der Waals surface area (Å²) < 4.78 is 18.7. The van der Waals surface area contributed by atoms with E-state index in [1.807, 2.05) is 0 Å². The maximum absolute atomic E-state index is 13.3. The lowest BCUT2D eigenvalue weighted by molar-refractivity contribution is 0.122. The Morgan fingerprint density at radius 2 is 2.04 bits per heavy atom. The number of benzene rings is 1. The molecule has 0 amide bonds. The number of nitrogens with zero attached hydrogens (tertiary/aromatic N) is 3. The smallest absolute Gasteiger partial charge is 0.185 e. The Morgan fingerprint density at radius 3 is 2.72 bits per heavy atom. The Kier molecular flexibility index (Phi) is 6.04. The minimum Gasteiger partial charge on any atom is -0.378 e. The fourth-order valence-corrected chi connectivity index (χ4v) is 3.73. The summed E-state index contributed by atoms with van der Waals surface area (Å²) in [6.45, 7) is 10.3. The van der Waals surface area contributed by atoms with Crippen molar-refractivity contribution < 1.29 is 9.13 Å². The number of morpholine rings is 1. The van der Waals surface area contributed by atoms with Gasteiger partial charge in [-0.25, -0.2) is 9.37 Å². The van der Waals surface area contributed by atoms with E-state index in [0.29, 0.717) is 6.54 Å². The van der Waals surface area contributed by atoms with Gasteiger partial charge in [0.25, 0.3) is 0 Å². The van der Waals surface area contributed by atoms with E-state index < -0.39 is 0 Å². The Hall–Kier alpha value is -1.92. The number of hydrogen-bond donors (Lipinski definition) is 0. The first-order valence-corrected chi connectivity index (χ1v) is 9.53. The topological polar surface area (TPSA) is 28.6 Å². The van der Waals surface area contributed by atoms with Gasteiger partial charge in [-0.3, -0.25) is 0 Å². The molecule has 1 saturated heterocycles. The second kappa shape index (κ2) is 8.45. The van der Waals surface area contributed by atoms with Gasteiger partial charge in [0.2, 0.25) is 0 Å². The highest BCUT2D eigenvalue weighted by Gasteiger charge is 2.17. The molecule has 0 N–H and O–H groups in total. The van der Waals surface area contributed by atoms with E-state index in [9.17, 15) is 4.39 Å². The molecule has 0 aliphatic carbocycles. The monoisotopic (exact) mass is 361 g/mol. The predicted molar refractivity (Wildman–Crippen MR) is 102 cm³/mol. The molecule has 6 heteroatoms. The van der Waals surface area contributed by atoms with Gasteiger partial charge in [-0.1, -0.05) is 19.9 Å². The van der Waals surface area contributed by atoms with Crippen molar-refractivity contribution in [2.24, 2.45) is 0 Å². The van der Waals surface area contributed by atoms with E-state index in [2.05, 4.69) is 28.7 Å². The lowest BCUT2D eigenvalue weighted by atomic mass is 10.2. The van der Waals surface area contributed by atoms with Crippen LogP contribution in [0.3, 0.4) is 0 Å². The van der Waals surface area contributed by atoms with Crippen LogP contribution >= 0.6 is 11.3 Å². The number of aromatic nitrogens is 1. The second-order valence-electron chi connectivity index (χ2n) is 6.10. The standard InChI is InChI=1S/C19H24FN3OS/c1-3-4-15(2)23(18-7-5-16(20)6-8-18)13-17-14-25-19(21-17)22-9-11-24-12-10-22/h5-8,14H,2-4,9-13H2,1H3. The average molecular weight is 361 g/mol. The first-order valence-electron chi connectivity index (χ1n) is 8.65. The van der Waals surface area contributed by atoms with Crippen LogP contribution in [0.4, 0.5) is 15.2 Å². The van der Waals surface area contributed by atoms with Gasteiger partial charge in [-0.15, -0.1) is 11.3 Å². The predicted octanol–water partition coefficient (Wildman–Crippen LogP) is 4.44. The molecule has 2 heterocycles. The lowest BCUT2D eigenvalue weighted by Crippen LogP contribution is -2.36. The van der Waals surface area contributed by atoms with Gasteiger partial charge < -0.3 is 14.5 Å². The number of rotatable bonds is 7. The van der Waals surface area contributed by atoms with Crippen LogP contribution in [0.5, 0.6) is 0 Å². The summed E-state index contributed by atoms with van der Waals surface area (Å²) in [5, 5.41) is 3.14. The lowest BCUT2D eigenvalue weighted by Gasteiger charge is -2.27. The van der Waals surface area contributed by atoms with Crippen LogP contribution in [0.25, 0.3) is 0 Å². The van der Waals surface area contributed by atoms with E-state index in [-0.39, 0.29) is 5.82 Å². The number of anilines is 2. The zero-order valence-electron chi connectivity index (χ0n) is 14.6. The number of hydrogen-bond acceptors (Lipinski definition) is 5. The molecule has 0 radical (unpaired) electrons. The van der Waals surface area contributed by atoms with Gasteiger partial charge in [0.15, 0.2) is 5.13 Å². The van der Waals surface area contributed by atoms with E-state index in [0.717, 1.165) is 61.4 Å². The first kappa shape index (κ1) is 17.9. The Balaban J connectivity index is 1.76. The fourth-order valence-electron chi connectivity index (χ4n) is 2.86. The molecule has 0 unspecified atom stereocenters. The van der Waals surface area contributed by atoms with Gasteiger partial charge in [0.05, 0.1) is 25.5 Å². The second-order valence-corrected chi connectivity index (χ2v) is 6.94. The van der Waals surface area contributed by atoms with Crippen LogP contribution in [0.15, 0.2) is 41.9 Å². The van der Waals surface area contributed by atoms with E-state index in [1.165, 1.54) is 12.1 Å². The third-order valence-electron chi connectivity index (χ3n) is 4.20. The number of allylic oxidation sites excluding steroid dienone is 1. The minimum absolute atomic E-state index is 0.229. The highest BCUT2D eigenvalue weighted by molar-refractivity contribution is 7.13. The molecule has 1 aromatic carbocycles. The molecular formula is C19H24FN3OS. The molecule has 134 valence electrons. The highest BCUT2D eigenvalue weighted by atomic mass is 32.1. The molecule has 1 aromatic heterocycles. The van der Waals surface area contributed by atoms with Crippen molar-refractivity contribution >= 4 is 22.2 Å². The average Bonchev–Trinajstić information content (AvgIpc) is 3.10. The van der Waals surface area contributed by atoms with Gasteiger partial charge in [0, 0.05) is 29.9 Å². The number of ether oxygens (including phenoxy) is 1. The molecule has 1 aliphatic rings. The summed E-state index contributed by atoms with van der Waals surface area (Å²) in [5.74, 6) is -0.229. The molecule has 1 aliphatic heterocycles. The third kappa shape index (κ3) is 4.58. The van der Waals surface area contributed by atoms with Gasteiger partial charge in [-0.2, -0.15) is 0 Å². The zero-order valence-corrected chi connectivity index (χ0v) is 15.4. The summed E-state index contributed by atoms with van der Waals surface area (Å²) >= 11 is 1.66. The molecule has 2 aromatic rings. The van der Waals surface area contributed by atoms with Crippen molar-refractivity contribution in [3.63, 3.8) is 0 Å². The van der Waals surface area contributed by atoms with Crippen molar-refractivity contribution in [2.75, 3.05) is 36.1 Å². The van der Waals surface area contributed by atoms with Crippen LogP contribution in [-0.2, 0) is 11.3 Å². The summed E-state index contributed by atoms with van der Waals surface area (Å²) in [6.07, 6.45) is 1.92. The fraction of sp³-hybridized carbons (Fsp3) is 0.421. The SMILES string of the molecule is C=C(CCC)N(Cc1csc(N2CCOCC2)n1)c1ccc(F)cc1. The maximum atomic E-state index is 13.3. The molecule has 0 bridgehead atoms. The van der Waals surface area contributed by atoms with Gasteiger partial charge in [-0.05, 0) is 30.7 Å². The zero-order chi connectivity index (χ0) is 17.6. The van der Waals surface area contributed by atoms with Crippen LogP contribution in [0.1, 0.15) is 25.5 Å². The van der Waals surface area contributed by atoms with Gasteiger partial charge in [0.1, 0.15) is 5.82 Å². The molecule has 0 atom stereocenters. The molecule has 4 nitrogen and oxygen atoms in total. The largest absolute Gasteiger partial charge is 0.378 e. The molecular weight excluding hydrogens is 337 g/mol. The quantitative estimate of drug-likeness (QED) is 0.729. The van der Waals surface area contributed by atoms with Crippen molar-refractivity contribution in [1.82, 2.24) is 4.98 Å². The molecule has 0 saturated carbocycles. The Morgan fingerprint density at radius 1 is 1.32 bits per heavy atom. The molecule has 1 fully saturated rings. The van der Waals surface area contributed by atoms with E-state index in [4.69, 9.17) is 9.72 Å². The van der Waals surface area contributed by atoms with Crippen molar-refractivity contribution in [1.29, 1.82) is 0 Å². The number of halogens is 1.